The molecule has 38 heavy (non-hydrogen) atoms. The summed E-state index contributed by atoms with van der Waals surface area (Å²) in [4.78, 5) is 52.4. The highest BCUT2D eigenvalue weighted by Gasteiger charge is 2.66. The smallest absolute Gasteiger partial charge is 0.317 e. The van der Waals surface area contributed by atoms with Gasteiger partial charge >= 0.3 is 5.97 Å². The van der Waals surface area contributed by atoms with E-state index in [1.54, 1.807) is 0 Å². The molecule has 0 bridgehead atoms. The Kier molecular flexibility index (Phi) is 6.60. The van der Waals surface area contributed by atoms with E-state index >= 15 is 0 Å². The number of carbonyl (C=O) groups is 4. The van der Waals surface area contributed by atoms with Crippen molar-refractivity contribution in [3.63, 3.8) is 0 Å². The number of fused-ring (bicyclic) bond motifs is 3. The Bertz CT molecular complexity index is 1310. The number of benzene rings is 1. The first kappa shape index (κ1) is 27.3. The fourth-order valence-electron chi connectivity index (χ4n) is 5.88. The van der Waals surface area contributed by atoms with Crippen LogP contribution in [-0.2, 0) is 24.8 Å². The summed E-state index contributed by atoms with van der Waals surface area (Å²) in [6.07, 6.45) is -0.253. The first-order valence-electron chi connectivity index (χ1n) is 11.8. The van der Waals surface area contributed by atoms with Crippen LogP contribution in [0.5, 0.6) is 5.75 Å². The minimum Gasteiger partial charge on any atom is -0.508 e. The number of ketones is 2. The maximum Gasteiger partial charge on any atom is 0.317 e. The standard InChI is InChI=1S/C25H29N3O10/c1-24(37)10-5-4-6-13(29)15(10)19(32)16-11(24)7-12-18(28(2)3)20(33)17(22(35)25(12,38)21(16)34)23(36)27-9-26-8-14(30)31/h4-6,11-12,18,26,29,32,35,37-38H,7-9H2,1-3H3,(H,27,36)(H,30,31)/t11?,12?,18-,24+,25?/m1/s1. The lowest BCUT2D eigenvalue weighted by molar-refractivity contribution is -0.159. The van der Waals surface area contributed by atoms with Gasteiger partial charge in [0.25, 0.3) is 5.91 Å². The van der Waals surface area contributed by atoms with Gasteiger partial charge in [-0.2, -0.15) is 0 Å². The van der Waals surface area contributed by atoms with E-state index in [1.807, 2.05) is 0 Å². The number of phenols is 1. The molecule has 0 saturated heterocycles. The summed E-state index contributed by atoms with van der Waals surface area (Å²) in [6, 6.07) is 2.88. The number of nitrogens with one attached hydrogen (secondary N) is 2. The molecule has 3 aliphatic carbocycles. The minimum atomic E-state index is -2.83. The molecule has 0 spiro atoms. The largest absolute Gasteiger partial charge is 0.508 e. The molecule has 1 fully saturated rings. The maximum absolute atomic E-state index is 13.9. The van der Waals surface area contributed by atoms with Gasteiger partial charge in [0.1, 0.15) is 22.8 Å². The highest BCUT2D eigenvalue weighted by molar-refractivity contribution is 6.25. The van der Waals surface area contributed by atoms with Gasteiger partial charge < -0.3 is 36.0 Å². The first-order chi connectivity index (χ1) is 17.7. The quantitative estimate of drug-likeness (QED) is 0.125. The van der Waals surface area contributed by atoms with Crippen LogP contribution in [0.4, 0.5) is 0 Å². The summed E-state index contributed by atoms with van der Waals surface area (Å²) >= 11 is 0. The normalized spacial score (nSPS) is 30.6. The number of likely N-dealkylation sites (N-methyl/N-ethyl adjacent to an activating group) is 1. The second kappa shape index (κ2) is 9.20. The number of carboxylic acid groups (broad SMARTS) is 1. The van der Waals surface area contributed by atoms with Gasteiger partial charge in [0, 0.05) is 17.4 Å². The summed E-state index contributed by atoms with van der Waals surface area (Å²) < 4.78 is 0. The molecule has 1 amide bonds. The number of aliphatic hydroxyl groups is 4. The fraction of sp³-hybridized carbons (Fsp3) is 0.440. The van der Waals surface area contributed by atoms with Crippen LogP contribution in [0.25, 0.3) is 5.76 Å². The molecule has 8 N–H and O–H groups in total. The Morgan fingerprint density at radius 1 is 1.13 bits per heavy atom. The molecule has 13 nitrogen and oxygen atoms in total. The highest BCUT2D eigenvalue weighted by Crippen LogP contribution is 2.57. The van der Waals surface area contributed by atoms with Crippen molar-refractivity contribution in [1.82, 2.24) is 15.5 Å². The van der Waals surface area contributed by atoms with Gasteiger partial charge in [-0.25, -0.2) is 0 Å². The molecule has 1 saturated carbocycles. The van der Waals surface area contributed by atoms with E-state index < -0.39 is 94.2 Å². The fourth-order valence-corrected chi connectivity index (χ4v) is 5.88. The molecule has 0 radical (unpaired) electrons. The molecule has 1 aromatic carbocycles. The number of aliphatic hydroxyl groups excluding tert-OH is 2. The highest BCUT2D eigenvalue weighted by atomic mass is 16.4. The molecule has 3 unspecified atom stereocenters. The lowest BCUT2D eigenvalue weighted by Crippen LogP contribution is -2.67. The van der Waals surface area contributed by atoms with E-state index in [0.29, 0.717) is 0 Å². The van der Waals surface area contributed by atoms with E-state index in [9.17, 15) is 44.7 Å². The summed E-state index contributed by atoms with van der Waals surface area (Å²) in [5.41, 5.74) is -6.07. The monoisotopic (exact) mass is 531 g/mol. The van der Waals surface area contributed by atoms with Crippen molar-refractivity contribution in [2.75, 3.05) is 27.3 Å². The first-order valence-corrected chi connectivity index (χ1v) is 11.8. The zero-order valence-corrected chi connectivity index (χ0v) is 20.8. The van der Waals surface area contributed by atoms with Crippen molar-refractivity contribution < 1.29 is 49.8 Å². The van der Waals surface area contributed by atoms with Gasteiger partial charge in [-0.3, -0.25) is 29.4 Å². The summed E-state index contributed by atoms with van der Waals surface area (Å²) in [5, 5.41) is 69.2. The molecule has 204 valence electrons. The topological polar surface area (TPSA) is 217 Å². The molecule has 4 rings (SSSR count). The van der Waals surface area contributed by atoms with Crippen molar-refractivity contribution in [3.05, 3.63) is 46.2 Å². The van der Waals surface area contributed by atoms with Crippen LogP contribution in [0.15, 0.2) is 35.1 Å². The number of rotatable bonds is 6. The average molecular weight is 532 g/mol. The number of aromatic hydroxyl groups is 1. The van der Waals surface area contributed by atoms with E-state index in [2.05, 4.69) is 10.6 Å². The number of carboxylic acids is 1. The predicted octanol–water partition coefficient (Wildman–Crippen LogP) is -1.11. The number of amides is 1. The zero-order chi connectivity index (χ0) is 28.3. The van der Waals surface area contributed by atoms with Gasteiger partial charge in [-0.1, -0.05) is 12.1 Å². The second-order valence-corrected chi connectivity index (χ2v) is 10.1. The van der Waals surface area contributed by atoms with Crippen molar-refractivity contribution in [2.45, 2.75) is 30.6 Å². The molecule has 5 atom stereocenters. The number of Topliss-reactive ketones (excluding diaryl/α,β-unsaturated/α-hetero) is 2. The Hall–Kier alpha value is -3.78. The second-order valence-electron chi connectivity index (χ2n) is 10.1. The van der Waals surface area contributed by atoms with E-state index in [4.69, 9.17) is 5.11 Å². The van der Waals surface area contributed by atoms with E-state index in [1.165, 1.54) is 44.1 Å². The van der Waals surface area contributed by atoms with Crippen molar-refractivity contribution >= 4 is 29.2 Å². The Morgan fingerprint density at radius 3 is 2.39 bits per heavy atom. The van der Waals surface area contributed by atoms with Gasteiger partial charge in [-0.05, 0) is 39.1 Å². The van der Waals surface area contributed by atoms with E-state index in [0.717, 1.165) is 0 Å². The lowest BCUT2D eigenvalue weighted by Gasteiger charge is -2.53. The van der Waals surface area contributed by atoms with Crippen LogP contribution in [0.2, 0.25) is 0 Å². The lowest BCUT2D eigenvalue weighted by atomic mass is 9.54. The molecular weight excluding hydrogens is 502 g/mol. The van der Waals surface area contributed by atoms with Crippen LogP contribution in [-0.4, -0.2) is 97.9 Å². The summed E-state index contributed by atoms with van der Waals surface area (Å²) in [6.45, 7) is 0.478. The van der Waals surface area contributed by atoms with Gasteiger partial charge in [0.15, 0.2) is 11.4 Å². The third-order valence-corrected chi connectivity index (χ3v) is 7.65. The maximum atomic E-state index is 13.9. The molecule has 0 aliphatic heterocycles. The molecule has 0 heterocycles. The predicted molar refractivity (Wildman–Crippen MR) is 130 cm³/mol. The third-order valence-electron chi connectivity index (χ3n) is 7.65. The zero-order valence-electron chi connectivity index (χ0n) is 20.8. The van der Waals surface area contributed by atoms with Crippen LogP contribution in [0.1, 0.15) is 24.5 Å². The summed E-state index contributed by atoms with van der Waals surface area (Å²) in [5.74, 6) is -9.27. The number of hydrogen-bond acceptors (Lipinski definition) is 11. The van der Waals surface area contributed by atoms with E-state index in [-0.39, 0.29) is 17.5 Å². The molecular formula is C25H29N3O10. The van der Waals surface area contributed by atoms with Crippen molar-refractivity contribution in [3.8, 4) is 5.75 Å². The van der Waals surface area contributed by atoms with Crippen LogP contribution < -0.4 is 10.6 Å². The molecule has 0 aromatic heterocycles. The number of nitrogens with zero attached hydrogens (tertiary/aromatic N) is 1. The molecule has 3 aliphatic rings. The number of phenolic OH excluding ortho intramolecular Hbond substituents is 1. The average Bonchev–Trinajstić information content (AvgIpc) is 2.82. The molecule has 13 heteroatoms. The third kappa shape index (κ3) is 3.77. The number of carbonyl (C=O) groups excluding carboxylic acids is 3. The van der Waals surface area contributed by atoms with Crippen LogP contribution in [0, 0.1) is 11.8 Å². The number of hydrogen-bond donors (Lipinski definition) is 8. The Morgan fingerprint density at radius 2 is 1.79 bits per heavy atom. The SMILES string of the molecule is CN(C)[C@H]1C(=O)C(C(=O)NCNCC(=O)O)=C(O)C2(O)C(=O)C3=C(O)c4c(O)cccc4[C@](C)(O)C3CC12. The molecule has 1 aromatic rings. The van der Waals surface area contributed by atoms with Gasteiger partial charge in [-0.15, -0.1) is 0 Å². The minimum absolute atomic E-state index is 0.138. The van der Waals surface area contributed by atoms with Crippen molar-refractivity contribution in [2.24, 2.45) is 11.8 Å². The summed E-state index contributed by atoms with van der Waals surface area (Å²) in [7, 11) is 2.96. The van der Waals surface area contributed by atoms with Crippen molar-refractivity contribution in [1.29, 1.82) is 0 Å². The Labute approximate surface area is 216 Å². The van der Waals surface area contributed by atoms with Gasteiger partial charge in [0.05, 0.1) is 30.4 Å². The van der Waals surface area contributed by atoms with Crippen LogP contribution >= 0.6 is 0 Å². The van der Waals surface area contributed by atoms with Crippen LogP contribution in [0.3, 0.4) is 0 Å². The Balaban J connectivity index is 1.87. The number of aliphatic carboxylic acids is 1. The van der Waals surface area contributed by atoms with Gasteiger partial charge in [0.2, 0.25) is 5.78 Å².